The van der Waals surface area contributed by atoms with E-state index >= 15 is 0 Å². The number of nitrogens with zero attached hydrogens (tertiary/aromatic N) is 4. The van der Waals surface area contributed by atoms with Gasteiger partial charge in [-0.25, -0.2) is 14.4 Å². The monoisotopic (exact) mass is 603 g/mol. The number of H-pyrrole nitrogens is 1. The van der Waals surface area contributed by atoms with Crippen molar-refractivity contribution in [3.05, 3.63) is 41.0 Å². The molecule has 0 radical (unpaired) electrons. The Hall–Kier alpha value is -3.89. The quantitative estimate of drug-likeness (QED) is 0.306. The molecule has 2 atom stereocenters. The van der Waals surface area contributed by atoms with Crippen LogP contribution in [0.15, 0.2) is 22.8 Å². The highest BCUT2D eigenvalue weighted by molar-refractivity contribution is 5.93. The van der Waals surface area contributed by atoms with E-state index in [0.717, 1.165) is 38.5 Å². The first kappa shape index (κ1) is 29.6. The lowest BCUT2D eigenvalue weighted by Gasteiger charge is -2.29. The van der Waals surface area contributed by atoms with Gasteiger partial charge < -0.3 is 25.3 Å². The van der Waals surface area contributed by atoms with Crippen molar-refractivity contribution in [3.8, 4) is 0 Å². The van der Waals surface area contributed by atoms with Crippen LogP contribution in [-0.2, 0) is 11.3 Å². The van der Waals surface area contributed by atoms with Crippen LogP contribution in [0.3, 0.4) is 0 Å². The number of carbonyl (C=O) groups excluding carboxylic acids is 2. The summed E-state index contributed by atoms with van der Waals surface area (Å²) >= 11 is 0. The Morgan fingerprint density at radius 3 is 2.55 bits per heavy atom. The van der Waals surface area contributed by atoms with Crippen molar-refractivity contribution < 1.29 is 45.3 Å². The SMILES string of the molecule is CC(C)(OC[C@H](NC(=O)c1nonc1C1CC1)c1nc2ccc(CN3C[C@@](C)(C(F)(F)F)NC3=O)cc2[nH]1)C(F)(F)F. The van der Waals surface area contributed by atoms with E-state index in [2.05, 4.69) is 25.6 Å². The molecule has 3 N–H and O–H groups in total. The Bertz CT molecular complexity index is 1500. The lowest BCUT2D eigenvalue weighted by molar-refractivity contribution is -0.265. The molecule has 42 heavy (non-hydrogen) atoms. The number of carbonyl (C=O) groups is 2. The van der Waals surface area contributed by atoms with Crippen molar-refractivity contribution in [2.24, 2.45) is 0 Å². The smallest absolute Gasteiger partial charge is 0.364 e. The fourth-order valence-electron chi connectivity index (χ4n) is 4.42. The summed E-state index contributed by atoms with van der Waals surface area (Å²) in [5.41, 5.74) is -3.49. The first-order valence-corrected chi connectivity index (χ1v) is 12.9. The molecule has 1 saturated carbocycles. The third-order valence-electron chi connectivity index (χ3n) is 7.36. The first-order chi connectivity index (χ1) is 19.5. The van der Waals surface area contributed by atoms with Gasteiger partial charge in [-0.15, -0.1) is 0 Å². The van der Waals surface area contributed by atoms with Crippen LogP contribution in [-0.4, -0.2) is 73.8 Å². The van der Waals surface area contributed by atoms with Gasteiger partial charge in [-0.1, -0.05) is 11.2 Å². The van der Waals surface area contributed by atoms with Gasteiger partial charge in [0.1, 0.15) is 17.6 Å². The Morgan fingerprint density at radius 2 is 1.93 bits per heavy atom. The lowest BCUT2D eigenvalue weighted by Crippen LogP contribution is -2.53. The summed E-state index contributed by atoms with van der Waals surface area (Å²) in [6.07, 6.45) is -7.77. The zero-order valence-electron chi connectivity index (χ0n) is 22.6. The number of ether oxygens (including phenoxy) is 1. The van der Waals surface area contributed by atoms with Crippen LogP contribution in [0.1, 0.15) is 73.1 Å². The molecule has 3 amide bonds. The maximum atomic E-state index is 13.5. The van der Waals surface area contributed by atoms with Crippen molar-refractivity contribution >= 4 is 23.0 Å². The standard InChI is InChI=1S/C25H27F6N7O4/c1-22(2,24(26,27)28)41-10-16(34-20(39)18-17(13-5-6-13)36-42-37-18)19-32-14-7-4-12(8-15(14)33-19)9-38-11-23(3,25(29,30)31)35-21(38)40/h4,7-8,13,16H,5-6,9-11H2,1-3H3,(H,32,33)(H,34,39)(H,35,40)/t16-,23-/m0/s1. The minimum atomic E-state index is -4.70. The Morgan fingerprint density at radius 1 is 1.21 bits per heavy atom. The van der Waals surface area contributed by atoms with E-state index in [0.29, 0.717) is 22.3 Å². The van der Waals surface area contributed by atoms with E-state index in [1.54, 1.807) is 12.1 Å². The Labute approximate surface area is 234 Å². The molecule has 1 aromatic carbocycles. The molecule has 0 bridgehead atoms. The third kappa shape index (κ3) is 5.73. The van der Waals surface area contributed by atoms with Crippen molar-refractivity contribution in [1.29, 1.82) is 0 Å². The van der Waals surface area contributed by atoms with Gasteiger partial charge in [0, 0.05) is 12.5 Å². The molecule has 17 heteroatoms. The zero-order valence-corrected chi connectivity index (χ0v) is 22.6. The van der Waals surface area contributed by atoms with Crippen molar-refractivity contribution in [1.82, 2.24) is 35.8 Å². The van der Waals surface area contributed by atoms with Crippen LogP contribution >= 0.6 is 0 Å². The summed E-state index contributed by atoms with van der Waals surface area (Å²) in [6.45, 7) is 1.23. The van der Waals surface area contributed by atoms with Crippen LogP contribution < -0.4 is 10.6 Å². The number of hydrogen-bond donors (Lipinski definition) is 3. The van der Waals surface area contributed by atoms with Crippen molar-refractivity contribution in [2.75, 3.05) is 13.2 Å². The molecule has 1 aliphatic carbocycles. The Kier molecular flexibility index (Phi) is 7.14. The van der Waals surface area contributed by atoms with Gasteiger partial charge in [0.25, 0.3) is 5.91 Å². The number of amides is 3. The van der Waals surface area contributed by atoms with Gasteiger partial charge in [-0.2, -0.15) is 26.3 Å². The number of fused-ring (bicyclic) bond motifs is 1. The summed E-state index contributed by atoms with van der Waals surface area (Å²) < 4.78 is 90.5. The zero-order chi connectivity index (χ0) is 30.7. The maximum absolute atomic E-state index is 13.5. The summed E-state index contributed by atoms with van der Waals surface area (Å²) in [5.74, 6) is -0.681. The van der Waals surface area contributed by atoms with Crippen LogP contribution in [0.2, 0.25) is 0 Å². The maximum Gasteiger partial charge on any atom is 0.416 e. The molecule has 3 heterocycles. The molecule has 228 valence electrons. The fraction of sp³-hybridized carbons (Fsp3) is 0.560. The number of urea groups is 1. The van der Waals surface area contributed by atoms with E-state index in [-0.39, 0.29) is 24.0 Å². The summed E-state index contributed by atoms with van der Waals surface area (Å²) in [6, 6.07) is 2.57. The van der Waals surface area contributed by atoms with E-state index in [4.69, 9.17) is 9.37 Å². The molecule has 1 saturated heterocycles. The highest BCUT2D eigenvalue weighted by atomic mass is 19.4. The Balaban J connectivity index is 1.38. The summed E-state index contributed by atoms with van der Waals surface area (Å²) in [5, 5.41) is 12.0. The van der Waals surface area contributed by atoms with E-state index in [1.165, 1.54) is 6.07 Å². The fourth-order valence-corrected chi connectivity index (χ4v) is 4.42. The van der Waals surface area contributed by atoms with Gasteiger partial charge >= 0.3 is 18.4 Å². The third-order valence-corrected chi connectivity index (χ3v) is 7.36. The highest BCUT2D eigenvalue weighted by Gasteiger charge is 2.57. The first-order valence-electron chi connectivity index (χ1n) is 12.9. The van der Waals surface area contributed by atoms with E-state index in [1.807, 2.05) is 5.32 Å². The highest BCUT2D eigenvalue weighted by Crippen LogP contribution is 2.40. The average molecular weight is 604 g/mol. The van der Waals surface area contributed by atoms with Gasteiger partial charge in [0.05, 0.1) is 24.2 Å². The van der Waals surface area contributed by atoms with Crippen LogP contribution in [0.5, 0.6) is 0 Å². The molecule has 0 unspecified atom stereocenters. The largest absolute Gasteiger partial charge is 0.416 e. The van der Waals surface area contributed by atoms with Gasteiger partial charge in [-0.05, 0) is 56.5 Å². The molecular weight excluding hydrogens is 576 g/mol. The van der Waals surface area contributed by atoms with Gasteiger partial charge in [-0.3, -0.25) is 4.79 Å². The minimum Gasteiger partial charge on any atom is -0.364 e. The van der Waals surface area contributed by atoms with Crippen molar-refractivity contribution in [3.63, 3.8) is 0 Å². The number of rotatable bonds is 9. The number of halogens is 6. The van der Waals surface area contributed by atoms with Crippen LogP contribution in [0.25, 0.3) is 11.0 Å². The topological polar surface area (TPSA) is 138 Å². The number of alkyl halides is 6. The average Bonchev–Trinajstić information content (AvgIpc) is 3.31. The number of imidazole rings is 1. The number of aromatic nitrogens is 4. The van der Waals surface area contributed by atoms with Gasteiger partial charge in [0.15, 0.2) is 16.8 Å². The molecule has 0 spiro atoms. The van der Waals surface area contributed by atoms with E-state index in [9.17, 15) is 35.9 Å². The normalized spacial score (nSPS) is 20.7. The molecular formula is C25H27F6N7O4. The second-order valence-corrected chi connectivity index (χ2v) is 11.2. The molecule has 5 rings (SSSR count). The molecule has 2 aromatic heterocycles. The lowest BCUT2D eigenvalue weighted by atomic mass is 10.0. The summed E-state index contributed by atoms with van der Waals surface area (Å²) in [4.78, 5) is 33.7. The second-order valence-electron chi connectivity index (χ2n) is 11.2. The predicted molar refractivity (Wildman–Crippen MR) is 132 cm³/mol. The predicted octanol–water partition coefficient (Wildman–Crippen LogP) is 4.50. The minimum absolute atomic E-state index is 0.00664. The second kappa shape index (κ2) is 10.1. The molecule has 2 fully saturated rings. The number of hydrogen-bond acceptors (Lipinski definition) is 7. The molecule has 11 nitrogen and oxygen atoms in total. The van der Waals surface area contributed by atoms with Crippen LogP contribution in [0, 0.1) is 0 Å². The number of aromatic amines is 1. The van der Waals surface area contributed by atoms with Crippen LogP contribution in [0.4, 0.5) is 31.1 Å². The molecule has 2 aliphatic rings. The van der Waals surface area contributed by atoms with E-state index < -0.39 is 54.6 Å². The summed E-state index contributed by atoms with van der Waals surface area (Å²) in [7, 11) is 0. The molecule has 1 aliphatic heterocycles. The van der Waals surface area contributed by atoms with Crippen molar-refractivity contribution in [2.45, 2.75) is 75.6 Å². The number of nitrogens with one attached hydrogen (secondary N) is 3. The number of benzene rings is 1. The molecule has 3 aromatic rings. The van der Waals surface area contributed by atoms with Gasteiger partial charge in [0.2, 0.25) is 0 Å².